The lowest BCUT2D eigenvalue weighted by Crippen LogP contribution is -2.47. The topological polar surface area (TPSA) is 83.6 Å². The SMILES string of the molecule is CCS(=O)(=O)C1CSCCN1Cc1cc(N)ccc1O. The van der Waals surface area contributed by atoms with Gasteiger partial charge < -0.3 is 10.8 Å². The van der Waals surface area contributed by atoms with E-state index < -0.39 is 15.2 Å². The van der Waals surface area contributed by atoms with Crippen LogP contribution < -0.4 is 5.73 Å². The summed E-state index contributed by atoms with van der Waals surface area (Å²) in [6, 6.07) is 4.88. The predicted octanol–water partition coefficient (Wildman–Crippen LogP) is 1.28. The smallest absolute Gasteiger partial charge is 0.166 e. The van der Waals surface area contributed by atoms with Gasteiger partial charge in [0.15, 0.2) is 9.84 Å². The van der Waals surface area contributed by atoms with Gasteiger partial charge in [-0.05, 0) is 18.2 Å². The number of sulfone groups is 1. The number of anilines is 1. The Hall–Kier alpha value is -0.920. The number of nitrogens with two attached hydrogens (primary N) is 1. The summed E-state index contributed by atoms with van der Waals surface area (Å²) in [6.07, 6.45) is 0. The normalized spacial score (nSPS) is 20.9. The first kappa shape index (κ1) is 15.5. The highest BCUT2D eigenvalue weighted by Gasteiger charge is 2.33. The molecule has 1 heterocycles. The third kappa shape index (κ3) is 3.39. The summed E-state index contributed by atoms with van der Waals surface area (Å²) in [4.78, 5) is 1.92. The van der Waals surface area contributed by atoms with Crippen LogP contribution in [-0.2, 0) is 16.4 Å². The minimum Gasteiger partial charge on any atom is -0.508 e. The fourth-order valence-corrected chi connectivity index (χ4v) is 5.35. The van der Waals surface area contributed by atoms with E-state index in [9.17, 15) is 13.5 Å². The molecule has 0 spiro atoms. The zero-order valence-corrected chi connectivity index (χ0v) is 13.1. The quantitative estimate of drug-likeness (QED) is 0.643. The number of nitrogen functional groups attached to an aromatic ring is 1. The number of rotatable bonds is 4. The van der Waals surface area contributed by atoms with E-state index in [-0.39, 0.29) is 11.5 Å². The minimum atomic E-state index is -3.12. The highest BCUT2D eigenvalue weighted by Crippen LogP contribution is 2.27. The molecule has 1 aromatic rings. The molecule has 0 saturated carbocycles. The molecule has 1 aromatic carbocycles. The van der Waals surface area contributed by atoms with E-state index in [2.05, 4.69) is 0 Å². The van der Waals surface area contributed by atoms with Crippen LogP contribution in [0.4, 0.5) is 5.69 Å². The monoisotopic (exact) mass is 316 g/mol. The number of nitrogens with zero attached hydrogens (tertiary/aromatic N) is 1. The van der Waals surface area contributed by atoms with Gasteiger partial charge in [0.1, 0.15) is 11.1 Å². The molecule has 1 saturated heterocycles. The van der Waals surface area contributed by atoms with Crippen molar-refractivity contribution in [3.63, 3.8) is 0 Å². The molecule has 0 amide bonds. The Morgan fingerprint density at radius 1 is 1.50 bits per heavy atom. The molecule has 1 aliphatic rings. The van der Waals surface area contributed by atoms with Crippen molar-refractivity contribution < 1.29 is 13.5 Å². The van der Waals surface area contributed by atoms with Crippen molar-refractivity contribution in [1.29, 1.82) is 0 Å². The Morgan fingerprint density at radius 2 is 2.25 bits per heavy atom. The fraction of sp³-hybridized carbons (Fsp3) is 0.538. The number of phenolic OH excluding ortho intramolecular Hbond substituents is 1. The zero-order valence-electron chi connectivity index (χ0n) is 11.4. The van der Waals surface area contributed by atoms with Crippen LogP contribution in [0.1, 0.15) is 12.5 Å². The van der Waals surface area contributed by atoms with Gasteiger partial charge in [-0.1, -0.05) is 6.92 Å². The number of benzene rings is 1. The first-order valence-corrected chi connectivity index (χ1v) is 9.42. The van der Waals surface area contributed by atoms with Gasteiger partial charge in [-0.25, -0.2) is 8.42 Å². The predicted molar refractivity (Wildman–Crippen MR) is 83.5 cm³/mol. The van der Waals surface area contributed by atoms with Crippen LogP contribution in [0.5, 0.6) is 5.75 Å². The third-order valence-electron chi connectivity index (χ3n) is 3.48. The van der Waals surface area contributed by atoms with Crippen molar-refractivity contribution in [2.75, 3.05) is 29.5 Å². The Kier molecular flexibility index (Phi) is 4.82. The second-order valence-electron chi connectivity index (χ2n) is 4.84. The molecule has 0 aromatic heterocycles. The van der Waals surface area contributed by atoms with Gasteiger partial charge in [-0.2, -0.15) is 11.8 Å². The number of hydrogen-bond donors (Lipinski definition) is 2. The van der Waals surface area contributed by atoms with Crippen molar-refractivity contribution in [2.24, 2.45) is 0 Å². The molecule has 0 aliphatic carbocycles. The Morgan fingerprint density at radius 3 is 2.95 bits per heavy atom. The molecular formula is C13H20N2O3S2. The molecule has 0 radical (unpaired) electrons. The van der Waals surface area contributed by atoms with Crippen LogP contribution in [0.3, 0.4) is 0 Å². The summed E-state index contributed by atoms with van der Waals surface area (Å²) in [5.41, 5.74) is 6.97. The second-order valence-corrected chi connectivity index (χ2v) is 8.44. The van der Waals surface area contributed by atoms with Crippen molar-refractivity contribution in [3.8, 4) is 5.75 Å². The van der Waals surface area contributed by atoms with Crippen molar-refractivity contribution in [3.05, 3.63) is 23.8 Å². The van der Waals surface area contributed by atoms with Gasteiger partial charge in [0, 0.05) is 41.6 Å². The highest BCUT2D eigenvalue weighted by molar-refractivity contribution is 8.01. The molecule has 112 valence electrons. The molecule has 2 rings (SSSR count). The van der Waals surface area contributed by atoms with Gasteiger partial charge in [-0.15, -0.1) is 0 Å². The van der Waals surface area contributed by atoms with E-state index in [4.69, 9.17) is 5.73 Å². The lowest BCUT2D eigenvalue weighted by atomic mass is 10.1. The molecule has 20 heavy (non-hydrogen) atoms. The molecule has 1 aliphatic heterocycles. The zero-order chi connectivity index (χ0) is 14.8. The maximum Gasteiger partial charge on any atom is 0.166 e. The van der Waals surface area contributed by atoms with E-state index in [1.165, 1.54) is 0 Å². The molecule has 7 heteroatoms. The summed E-state index contributed by atoms with van der Waals surface area (Å²) in [5, 5.41) is 9.40. The van der Waals surface area contributed by atoms with Crippen molar-refractivity contribution in [1.82, 2.24) is 4.90 Å². The Bertz CT molecular complexity index is 575. The maximum absolute atomic E-state index is 12.2. The molecular weight excluding hydrogens is 296 g/mol. The molecule has 5 nitrogen and oxygen atoms in total. The minimum absolute atomic E-state index is 0.137. The van der Waals surface area contributed by atoms with Crippen LogP contribution in [0.15, 0.2) is 18.2 Å². The summed E-state index contributed by atoms with van der Waals surface area (Å²) < 4.78 is 24.3. The average molecular weight is 316 g/mol. The number of hydrogen-bond acceptors (Lipinski definition) is 6. The Labute approximate surface area is 124 Å². The number of thioether (sulfide) groups is 1. The van der Waals surface area contributed by atoms with E-state index in [1.807, 2.05) is 4.90 Å². The van der Waals surface area contributed by atoms with Crippen LogP contribution in [0.25, 0.3) is 0 Å². The maximum atomic E-state index is 12.2. The standard InChI is InChI=1S/C13H20N2O3S2/c1-2-20(17,18)13-9-19-6-5-15(13)8-10-7-11(14)3-4-12(10)16/h3-4,7,13,16H,2,5-6,8-9,14H2,1H3. The lowest BCUT2D eigenvalue weighted by molar-refractivity contribution is 0.258. The molecule has 1 atom stereocenters. The van der Waals surface area contributed by atoms with Gasteiger partial charge >= 0.3 is 0 Å². The molecule has 3 N–H and O–H groups in total. The van der Waals surface area contributed by atoms with Crippen LogP contribution in [0, 0.1) is 0 Å². The van der Waals surface area contributed by atoms with Gasteiger partial charge in [0.25, 0.3) is 0 Å². The van der Waals surface area contributed by atoms with E-state index in [0.717, 1.165) is 5.75 Å². The van der Waals surface area contributed by atoms with Gasteiger partial charge in [-0.3, -0.25) is 4.90 Å². The summed E-state index contributed by atoms with van der Waals surface area (Å²) >= 11 is 1.66. The van der Waals surface area contributed by atoms with E-state index in [0.29, 0.717) is 30.1 Å². The third-order valence-corrected chi connectivity index (χ3v) is 6.82. The summed E-state index contributed by atoms with van der Waals surface area (Å²) in [6.45, 7) is 2.77. The average Bonchev–Trinajstić information content (AvgIpc) is 2.43. The highest BCUT2D eigenvalue weighted by atomic mass is 32.2. The molecule has 1 fully saturated rings. The number of phenols is 1. The Balaban J connectivity index is 2.23. The van der Waals surface area contributed by atoms with Gasteiger partial charge in [0.2, 0.25) is 0 Å². The largest absolute Gasteiger partial charge is 0.508 e. The molecule has 0 bridgehead atoms. The first-order chi connectivity index (χ1) is 9.44. The van der Waals surface area contributed by atoms with E-state index in [1.54, 1.807) is 36.9 Å². The summed E-state index contributed by atoms with van der Waals surface area (Å²) in [5.74, 6) is 1.78. The lowest BCUT2D eigenvalue weighted by Gasteiger charge is -2.34. The first-order valence-electron chi connectivity index (χ1n) is 6.54. The fourth-order valence-electron chi connectivity index (χ4n) is 2.27. The van der Waals surface area contributed by atoms with Crippen molar-refractivity contribution in [2.45, 2.75) is 18.8 Å². The van der Waals surface area contributed by atoms with Gasteiger partial charge in [0.05, 0.1) is 0 Å². The van der Waals surface area contributed by atoms with Crippen LogP contribution in [0.2, 0.25) is 0 Å². The van der Waals surface area contributed by atoms with Crippen LogP contribution in [-0.4, -0.2) is 47.6 Å². The van der Waals surface area contributed by atoms with E-state index >= 15 is 0 Å². The number of aromatic hydroxyl groups is 1. The van der Waals surface area contributed by atoms with Crippen LogP contribution >= 0.6 is 11.8 Å². The molecule has 1 unspecified atom stereocenters. The summed E-state index contributed by atoms with van der Waals surface area (Å²) in [7, 11) is -3.12. The van der Waals surface area contributed by atoms with Crippen molar-refractivity contribution >= 4 is 27.3 Å². The second kappa shape index (κ2) is 6.24.